The van der Waals surface area contributed by atoms with E-state index in [2.05, 4.69) is 10.2 Å². The van der Waals surface area contributed by atoms with E-state index in [0.717, 1.165) is 24.9 Å². The normalized spacial score (nSPS) is 16.4. The number of hydrogen-bond donors (Lipinski definition) is 1. The van der Waals surface area contributed by atoms with Gasteiger partial charge in [-0.25, -0.2) is 9.59 Å². The summed E-state index contributed by atoms with van der Waals surface area (Å²) in [6.45, 7) is 2.16. The van der Waals surface area contributed by atoms with Crippen LogP contribution in [0, 0.1) is 5.92 Å². The topological polar surface area (TPSA) is 84.9 Å². The molecule has 3 rings (SSSR count). The third-order valence-electron chi connectivity index (χ3n) is 5.27. The second-order valence-corrected chi connectivity index (χ2v) is 7.84. The Morgan fingerprint density at radius 1 is 1.06 bits per heavy atom. The van der Waals surface area contributed by atoms with Crippen LogP contribution in [0.5, 0.6) is 0 Å². The number of ether oxygens (including phenoxy) is 2. The van der Waals surface area contributed by atoms with Gasteiger partial charge in [0.15, 0.2) is 0 Å². The lowest BCUT2D eigenvalue weighted by atomic mass is 9.96. The van der Waals surface area contributed by atoms with Gasteiger partial charge in [-0.2, -0.15) is 0 Å². The molecule has 1 N–H and O–H groups in total. The fourth-order valence-corrected chi connectivity index (χ4v) is 3.89. The zero-order valence-corrected chi connectivity index (χ0v) is 18.3. The first-order valence-corrected chi connectivity index (χ1v) is 10.4. The second-order valence-electron chi connectivity index (χ2n) is 7.44. The van der Waals surface area contributed by atoms with Crippen molar-refractivity contribution >= 4 is 35.1 Å². The second kappa shape index (κ2) is 10.4. The minimum atomic E-state index is -0.607. The quantitative estimate of drug-likeness (QED) is 0.683. The molecule has 1 aliphatic rings. The molecule has 8 heteroatoms. The van der Waals surface area contributed by atoms with Crippen LogP contribution in [0.1, 0.15) is 39.1 Å². The van der Waals surface area contributed by atoms with Crippen LogP contribution in [0.25, 0.3) is 0 Å². The number of esters is 2. The number of amides is 1. The standard InChI is InChI=1S/C23H25ClN2O5/c1-30-22(28)17-10-18(23(29)31-2)12-19(11-17)25-21(27)16-7-5-9-26(14-16)13-15-6-3-4-8-20(15)24/h3-4,6,8,10-12,16H,5,7,9,13-14H2,1-2H3,(H,25,27). The molecule has 7 nitrogen and oxygen atoms in total. The average Bonchev–Trinajstić information content (AvgIpc) is 2.79. The van der Waals surface area contributed by atoms with Gasteiger partial charge in [0.25, 0.3) is 0 Å². The maximum atomic E-state index is 12.9. The zero-order chi connectivity index (χ0) is 22.4. The van der Waals surface area contributed by atoms with Crippen molar-refractivity contribution in [3.8, 4) is 0 Å². The Hall–Kier alpha value is -2.90. The first-order valence-electron chi connectivity index (χ1n) is 9.99. The van der Waals surface area contributed by atoms with Crippen LogP contribution in [-0.2, 0) is 20.8 Å². The summed E-state index contributed by atoms with van der Waals surface area (Å²) in [7, 11) is 2.50. The van der Waals surface area contributed by atoms with Crippen LogP contribution in [0.2, 0.25) is 5.02 Å². The number of piperidine rings is 1. The van der Waals surface area contributed by atoms with Crippen LogP contribution >= 0.6 is 11.6 Å². The molecule has 1 fully saturated rings. The molecule has 0 radical (unpaired) electrons. The fraction of sp³-hybridized carbons (Fsp3) is 0.348. The number of hydrogen-bond acceptors (Lipinski definition) is 6. The van der Waals surface area contributed by atoms with Gasteiger partial charge in [-0.05, 0) is 49.2 Å². The summed E-state index contributed by atoms with van der Waals surface area (Å²) in [4.78, 5) is 39.1. The number of carbonyl (C=O) groups is 3. The van der Waals surface area contributed by atoms with Gasteiger partial charge in [-0.15, -0.1) is 0 Å². The largest absolute Gasteiger partial charge is 0.465 e. The maximum absolute atomic E-state index is 12.9. The van der Waals surface area contributed by atoms with E-state index in [1.54, 1.807) is 0 Å². The summed E-state index contributed by atoms with van der Waals surface area (Å²) in [5, 5.41) is 3.55. The summed E-state index contributed by atoms with van der Waals surface area (Å²) in [6.07, 6.45) is 1.64. The lowest BCUT2D eigenvalue weighted by Gasteiger charge is -2.32. The van der Waals surface area contributed by atoms with E-state index in [4.69, 9.17) is 21.1 Å². The van der Waals surface area contributed by atoms with Crippen molar-refractivity contribution in [2.24, 2.45) is 5.92 Å². The summed E-state index contributed by atoms with van der Waals surface area (Å²) < 4.78 is 9.48. The predicted octanol–water partition coefficient (Wildman–Crippen LogP) is 3.76. The Kier molecular flexibility index (Phi) is 7.65. The van der Waals surface area contributed by atoms with Gasteiger partial charge in [0, 0.05) is 23.8 Å². The molecular weight excluding hydrogens is 420 g/mol. The van der Waals surface area contributed by atoms with Crippen molar-refractivity contribution in [1.82, 2.24) is 4.90 Å². The molecule has 31 heavy (non-hydrogen) atoms. The Morgan fingerprint density at radius 2 is 1.71 bits per heavy atom. The van der Waals surface area contributed by atoms with Crippen molar-refractivity contribution in [3.05, 3.63) is 64.2 Å². The molecule has 1 saturated heterocycles. The summed E-state index contributed by atoms with van der Waals surface area (Å²) >= 11 is 6.27. The number of anilines is 1. The number of nitrogens with one attached hydrogen (secondary N) is 1. The van der Waals surface area contributed by atoms with Crippen LogP contribution in [0.15, 0.2) is 42.5 Å². The molecule has 0 bridgehead atoms. The summed E-state index contributed by atoms with van der Waals surface area (Å²) in [5.41, 5.74) is 1.68. The van der Waals surface area contributed by atoms with E-state index in [0.29, 0.717) is 23.8 Å². The van der Waals surface area contributed by atoms with E-state index in [-0.39, 0.29) is 23.0 Å². The van der Waals surface area contributed by atoms with Crippen molar-refractivity contribution < 1.29 is 23.9 Å². The molecular formula is C23H25ClN2O5. The first-order chi connectivity index (χ1) is 14.9. The monoisotopic (exact) mass is 444 g/mol. The number of halogens is 1. The highest BCUT2D eigenvalue weighted by atomic mass is 35.5. The highest BCUT2D eigenvalue weighted by Gasteiger charge is 2.26. The van der Waals surface area contributed by atoms with E-state index < -0.39 is 11.9 Å². The SMILES string of the molecule is COC(=O)c1cc(NC(=O)C2CCCN(Cc3ccccc3Cl)C2)cc(C(=O)OC)c1. The molecule has 164 valence electrons. The summed E-state index contributed by atoms with van der Waals surface area (Å²) in [6, 6.07) is 12.0. The van der Waals surface area contributed by atoms with Crippen molar-refractivity contribution in [2.45, 2.75) is 19.4 Å². The molecule has 0 saturated carbocycles. The van der Waals surface area contributed by atoms with Gasteiger partial charge in [0.05, 0.1) is 31.3 Å². The Balaban J connectivity index is 1.72. The highest BCUT2D eigenvalue weighted by Crippen LogP contribution is 2.24. The lowest BCUT2D eigenvalue weighted by molar-refractivity contribution is -0.121. The molecule has 2 aromatic rings. The molecule has 1 aliphatic heterocycles. The van der Waals surface area contributed by atoms with Gasteiger partial charge in [-0.3, -0.25) is 9.69 Å². The van der Waals surface area contributed by atoms with E-state index in [1.807, 2.05) is 24.3 Å². The number of carbonyl (C=O) groups excluding carboxylic acids is 3. The van der Waals surface area contributed by atoms with Crippen molar-refractivity contribution in [1.29, 1.82) is 0 Å². The van der Waals surface area contributed by atoms with Gasteiger partial charge in [0.1, 0.15) is 0 Å². The number of benzene rings is 2. The maximum Gasteiger partial charge on any atom is 0.337 e. The third kappa shape index (κ3) is 5.83. The molecule has 1 heterocycles. The van der Waals surface area contributed by atoms with Crippen molar-refractivity contribution in [3.63, 3.8) is 0 Å². The van der Waals surface area contributed by atoms with Crippen molar-refractivity contribution in [2.75, 3.05) is 32.6 Å². The Bertz CT molecular complexity index is 944. The Labute approximate surface area is 186 Å². The molecule has 0 aliphatic carbocycles. The Morgan fingerprint density at radius 3 is 2.32 bits per heavy atom. The molecule has 2 aromatic carbocycles. The predicted molar refractivity (Wildman–Crippen MR) is 117 cm³/mol. The fourth-order valence-electron chi connectivity index (χ4n) is 3.70. The lowest BCUT2D eigenvalue weighted by Crippen LogP contribution is -2.40. The minimum absolute atomic E-state index is 0.157. The van der Waals surface area contributed by atoms with Gasteiger partial charge in [-0.1, -0.05) is 29.8 Å². The van der Waals surface area contributed by atoms with Gasteiger partial charge < -0.3 is 14.8 Å². The van der Waals surface area contributed by atoms with Crippen LogP contribution < -0.4 is 5.32 Å². The summed E-state index contributed by atoms with van der Waals surface area (Å²) in [5.74, 6) is -1.60. The zero-order valence-electron chi connectivity index (χ0n) is 17.5. The number of likely N-dealkylation sites (tertiary alicyclic amines) is 1. The van der Waals surface area contributed by atoms with E-state index in [9.17, 15) is 14.4 Å². The molecule has 1 atom stereocenters. The molecule has 0 aromatic heterocycles. The van der Waals surface area contributed by atoms with E-state index in [1.165, 1.54) is 32.4 Å². The number of rotatable bonds is 6. The number of nitrogens with zero attached hydrogens (tertiary/aromatic N) is 1. The highest BCUT2D eigenvalue weighted by molar-refractivity contribution is 6.31. The third-order valence-corrected chi connectivity index (χ3v) is 5.64. The smallest absolute Gasteiger partial charge is 0.337 e. The average molecular weight is 445 g/mol. The van der Waals surface area contributed by atoms with E-state index >= 15 is 0 Å². The van der Waals surface area contributed by atoms with Crippen LogP contribution in [-0.4, -0.2) is 50.1 Å². The molecule has 1 unspecified atom stereocenters. The molecule has 1 amide bonds. The van der Waals surface area contributed by atoms with Crippen LogP contribution in [0.4, 0.5) is 5.69 Å². The minimum Gasteiger partial charge on any atom is -0.465 e. The number of methoxy groups -OCH3 is 2. The van der Waals surface area contributed by atoms with Gasteiger partial charge >= 0.3 is 11.9 Å². The molecule has 0 spiro atoms. The van der Waals surface area contributed by atoms with Crippen LogP contribution in [0.3, 0.4) is 0 Å². The first kappa shape index (κ1) is 22.8. The van der Waals surface area contributed by atoms with Gasteiger partial charge in [0.2, 0.25) is 5.91 Å².